The molecule has 0 bridgehead atoms. The molecule has 0 radical (unpaired) electrons. The van der Waals surface area contributed by atoms with E-state index in [1.165, 1.54) is 13.8 Å². The first kappa shape index (κ1) is 24.2. The molecule has 0 aliphatic rings. The molecule has 0 spiro atoms. The molecule has 0 saturated heterocycles. The van der Waals surface area contributed by atoms with Crippen molar-refractivity contribution in [3.63, 3.8) is 0 Å². The van der Waals surface area contributed by atoms with Gasteiger partial charge in [-0.15, -0.1) is 0 Å². The van der Waals surface area contributed by atoms with E-state index in [1.807, 2.05) is 0 Å². The Bertz CT molecular complexity index is 829. The quantitative estimate of drug-likeness (QED) is 0.445. The lowest BCUT2D eigenvalue weighted by Crippen LogP contribution is -2.48. The van der Waals surface area contributed by atoms with Gasteiger partial charge in [0, 0.05) is 11.4 Å². The van der Waals surface area contributed by atoms with E-state index >= 15 is 0 Å². The van der Waals surface area contributed by atoms with Crippen LogP contribution in [0.3, 0.4) is 0 Å². The smallest absolute Gasteiger partial charge is 0.412 e. The van der Waals surface area contributed by atoms with Gasteiger partial charge in [0.2, 0.25) is 12.2 Å². The molecule has 2 atom stereocenters. The van der Waals surface area contributed by atoms with Crippen LogP contribution in [0.1, 0.15) is 13.8 Å². The van der Waals surface area contributed by atoms with Crippen molar-refractivity contribution in [3.8, 4) is 0 Å². The number of rotatable bonds is 9. The number of esters is 2. The van der Waals surface area contributed by atoms with Gasteiger partial charge in [-0.1, -0.05) is 36.4 Å². The van der Waals surface area contributed by atoms with Crippen molar-refractivity contribution >= 4 is 35.5 Å². The number of hydrogen-bond acceptors (Lipinski definition) is 8. The molecule has 170 valence electrons. The van der Waals surface area contributed by atoms with E-state index in [0.29, 0.717) is 11.4 Å². The molecule has 32 heavy (non-hydrogen) atoms. The van der Waals surface area contributed by atoms with Gasteiger partial charge in [-0.05, 0) is 38.1 Å². The van der Waals surface area contributed by atoms with Gasteiger partial charge < -0.3 is 18.9 Å². The number of para-hydroxylation sites is 2. The number of anilines is 2. The number of carbonyl (C=O) groups excluding carboxylic acids is 4. The van der Waals surface area contributed by atoms with Gasteiger partial charge in [0.15, 0.2) is 0 Å². The summed E-state index contributed by atoms with van der Waals surface area (Å²) < 4.78 is 20.0. The standard InChI is InChI=1S/C22H24N2O8/c1-3-29-19(25)17(31-21(27)23-15-11-7-5-8-12-15)18(20(26)30-4-2)32-22(28)24-16-13-9-6-10-14-16/h5-14,17-18H,3-4H2,1-2H3,(H,23,27)(H,24,28). The number of benzene rings is 2. The lowest BCUT2D eigenvalue weighted by Gasteiger charge is -2.24. The minimum atomic E-state index is -1.90. The highest BCUT2D eigenvalue weighted by atomic mass is 16.6. The second kappa shape index (κ2) is 12.6. The molecule has 0 saturated carbocycles. The first-order chi connectivity index (χ1) is 15.4. The SMILES string of the molecule is CCOC(=O)C(OC(=O)Nc1ccccc1)C(OC(=O)Nc1ccccc1)C(=O)OCC. The van der Waals surface area contributed by atoms with E-state index in [0.717, 1.165) is 0 Å². The van der Waals surface area contributed by atoms with E-state index in [-0.39, 0.29) is 13.2 Å². The first-order valence-corrected chi connectivity index (χ1v) is 9.83. The second-order valence-electron chi connectivity index (χ2n) is 6.14. The lowest BCUT2D eigenvalue weighted by atomic mass is 10.2. The molecule has 2 aromatic carbocycles. The van der Waals surface area contributed by atoms with Crippen LogP contribution in [0.5, 0.6) is 0 Å². The van der Waals surface area contributed by atoms with E-state index in [1.54, 1.807) is 60.7 Å². The predicted octanol–water partition coefficient (Wildman–Crippen LogP) is 3.35. The van der Waals surface area contributed by atoms with Gasteiger partial charge in [-0.2, -0.15) is 0 Å². The fraction of sp³-hybridized carbons (Fsp3) is 0.273. The summed E-state index contributed by atoms with van der Waals surface area (Å²) in [6, 6.07) is 16.6. The molecule has 2 rings (SSSR count). The highest BCUT2D eigenvalue weighted by Crippen LogP contribution is 2.14. The van der Waals surface area contributed by atoms with Crippen molar-refractivity contribution in [2.75, 3.05) is 23.8 Å². The minimum Gasteiger partial charge on any atom is -0.463 e. The lowest BCUT2D eigenvalue weighted by molar-refractivity contribution is -0.172. The van der Waals surface area contributed by atoms with Crippen molar-refractivity contribution in [3.05, 3.63) is 60.7 Å². The monoisotopic (exact) mass is 444 g/mol. The third kappa shape index (κ3) is 7.63. The Labute approximate surface area is 184 Å². The van der Waals surface area contributed by atoms with Crippen LogP contribution in [0.25, 0.3) is 0 Å². The fourth-order valence-corrected chi connectivity index (χ4v) is 2.48. The topological polar surface area (TPSA) is 129 Å². The summed E-state index contributed by atoms with van der Waals surface area (Å²) in [5, 5.41) is 4.82. The Morgan fingerprint density at radius 3 is 1.31 bits per heavy atom. The summed E-state index contributed by atoms with van der Waals surface area (Å²) in [5.74, 6) is -2.16. The summed E-state index contributed by atoms with van der Waals surface area (Å²) in [4.78, 5) is 49.6. The van der Waals surface area contributed by atoms with Crippen molar-refractivity contribution in [1.82, 2.24) is 0 Å². The third-order valence-electron chi connectivity index (χ3n) is 3.82. The maximum absolute atomic E-state index is 12.5. The Balaban J connectivity index is 2.21. The Hall–Kier alpha value is -4.08. The van der Waals surface area contributed by atoms with Crippen LogP contribution in [0.15, 0.2) is 60.7 Å². The van der Waals surface area contributed by atoms with Gasteiger partial charge in [0.25, 0.3) is 0 Å². The van der Waals surface area contributed by atoms with Crippen molar-refractivity contribution in [2.45, 2.75) is 26.1 Å². The van der Waals surface area contributed by atoms with Crippen LogP contribution < -0.4 is 10.6 Å². The van der Waals surface area contributed by atoms with Crippen molar-refractivity contribution < 1.29 is 38.1 Å². The van der Waals surface area contributed by atoms with Crippen LogP contribution in [-0.4, -0.2) is 49.5 Å². The van der Waals surface area contributed by atoms with Crippen LogP contribution >= 0.6 is 0 Å². The largest absolute Gasteiger partial charge is 0.463 e. The molecule has 2 amide bonds. The molecule has 2 N–H and O–H groups in total. The van der Waals surface area contributed by atoms with E-state index < -0.39 is 36.3 Å². The molecular weight excluding hydrogens is 420 g/mol. The molecule has 0 aliphatic carbocycles. The summed E-state index contributed by atoms with van der Waals surface area (Å²) in [5.41, 5.74) is 0.770. The summed E-state index contributed by atoms with van der Waals surface area (Å²) >= 11 is 0. The van der Waals surface area contributed by atoms with Crippen LogP contribution in [0.4, 0.5) is 21.0 Å². The normalized spacial score (nSPS) is 11.9. The van der Waals surface area contributed by atoms with E-state index in [9.17, 15) is 19.2 Å². The zero-order chi connectivity index (χ0) is 23.3. The molecular formula is C22H24N2O8. The number of ether oxygens (including phenoxy) is 4. The highest BCUT2D eigenvalue weighted by Gasteiger charge is 2.42. The first-order valence-electron chi connectivity index (χ1n) is 9.83. The molecule has 0 heterocycles. The van der Waals surface area contributed by atoms with Crippen LogP contribution in [0.2, 0.25) is 0 Å². The molecule has 0 aliphatic heterocycles. The summed E-state index contributed by atoms with van der Waals surface area (Å²) in [7, 11) is 0. The minimum absolute atomic E-state index is 0.0647. The fourth-order valence-electron chi connectivity index (χ4n) is 2.48. The molecule has 2 aromatic rings. The maximum atomic E-state index is 12.5. The second-order valence-corrected chi connectivity index (χ2v) is 6.14. The number of nitrogens with one attached hydrogen (secondary N) is 2. The zero-order valence-corrected chi connectivity index (χ0v) is 17.6. The van der Waals surface area contributed by atoms with Gasteiger partial charge in [-0.3, -0.25) is 10.6 Å². The van der Waals surface area contributed by atoms with Gasteiger partial charge in [-0.25, -0.2) is 19.2 Å². The van der Waals surface area contributed by atoms with Gasteiger partial charge in [0.05, 0.1) is 13.2 Å². The Morgan fingerprint density at radius 2 is 1.00 bits per heavy atom. The number of hydrogen-bond donors (Lipinski definition) is 2. The van der Waals surface area contributed by atoms with E-state index in [2.05, 4.69) is 10.6 Å². The van der Waals surface area contributed by atoms with E-state index in [4.69, 9.17) is 18.9 Å². The average molecular weight is 444 g/mol. The molecule has 0 aromatic heterocycles. The van der Waals surface area contributed by atoms with Gasteiger partial charge >= 0.3 is 24.1 Å². The van der Waals surface area contributed by atoms with Crippen molar-refractivity contribution in [1.29, 1.82) is 0 Å². The Morgan fingerprint density at radius 1 is 0.656 bits per heavy atom. The Kier molecular flexibility index (Phi) is 9.51. The van der Waals surface area contributed by atoms with Crippen LogP contribution in [-0.2, 0) is 28.5 Å². The number of carbonyl (C=O) groups is 4. The van der Waals surface area contributed by atoms with Gasteiger partial charge in [0.1, 0.15) is 0 Å². The highest BCUT2D eigenvalue weighted by molar-refractivity contribution is 5.93. The zero-order valence-electron chi connectivity index (χ0n) is 17.6. The summed E-state index contributed by atoms with van der Waals surface area (Å²) in [6.07, 6.45) is -5.93. The maximum Gasteiger partial charge on any atom is 0.412 e. The summed E-state index contributed by atoms with van der Waals surface area (Å²) in [6.45, 7) is 2.93. The van der Waals surface area contributed by atoms with Crippen molar-refractivity contribution in [2.24, 2.45) is 0 Å². The predicted molar refractivity (Wildman–Crippen MR) is 114 cm³/mol. The molecule has 0 fully saturated rings. The van der Waals surface area contributed by atoms with Crippen LogP contribution in [0, 0.1) is 0 Å². The number of amides is 2. The molecule has 10 heteroatoms. The average Bonchev–Trinajstić information content (AvgIpc) is 2.77. The third-order valence-corrected chi connectivity index (χ3v) is 3.82. The molecule has 2 unspecified atom stereocenters. The molecule has 10 nitrogen and oxygen atoms in total.